The molecule has 0 bridgehead atoms. The van der Waals surface area contributed by atoms with E-state index in [-0.39, 0.29) is 5.75 Å². The van der Waals surface area contributed by atoms with Crippen LogP contribution in [-0.4, -0.2) is 40.7 Å². The third-order valence-corrected chi connectivity index (χ3v) is 3.64. The van der Waals surface area contributed by atoms with Crippen LogP contribution in [0.2, 0.25) is 0 Å². The molecule has 104 valence electrons. The van der Waals surface area contributed by atoms with Crippen molar-refractivity contribution < 1.29 is 5.11 Å². The van der Waals surface area contributed by atoms with Gasteiger partial charge in [0.25, 0.3) is 0 Å². The van der Waals surface area contributed by atoms with Crippen molar-refractivity contribution in [2.45, 2.75) is 6.92 Å². The first-order valence-corrected chi connectivity index (χ1v) is 6.67. The van der Waals surface area contributed by atoms with Crippen LogP contribution in [0.4, 0.5) is 5.82 Å². The molecule has 0 saturated heterocycles. The van der Waals surface area contributed by atoms with Crippen molar-refractivity contribution in [3.63, 3.8) is 0 Å². The molecule has 1 aliphatic rings. The number of likely N-dealkylation sites (N-methyl/N-ethyl adjacent to an activating group) is 1. The fourth-order valence-electron chi connectivity index (χ4n) is 2.71. The zero-order chi connectivity index (χ0) is 14.3. The summed E-state index contributed by atoms with van der Waals surface area (Å²) in [5, 5.41) is 14.0. The average Bonchev–Trinajstić information content (AvgIpc) is 2.60. The first-order chi connectivity index (χ1) is 9.58. The van der Waals surface area contributed by atoms with Crippen molar-refractivity contribution in [2.24, 2.45) is 12.0 Å². The molecule has 0 amide bonds. The zero-order valence-electron chi connectivity index (χ0n) is 12.0. The highest BCUT2D eigenvalue weighted by atomic mass is 16.3. The summed E-state index contributed by atoms with van der Waals surface area (Å²) in [5.41, 5.74) is 4.02. The highest BCUT2D eigenvalue weighted by Gasteiger charge is 2.24. The van der Waals surface area contributed by atoms with Gasteiger partial charge in [-0.25, -0.2) is 0 Å². The molecule has 0 saturated carbocycles. The van der Waals surface area contributed by atoms with Crippen LogP contribution in [0.25, 0.3) is 0 Å². The van der Waals surface area contributed by atoms with Crippen LogP contribution in [0.15, 0.2) is 29.3 Å². The zero-order valence-corrected chi connectivity index (χ0v) is 12.0. The van der Waals surface area contributed by atoms with Crippen LogP contribution in [0.3, 0.4) is 0 Å². The second kappa shape index (κ2) is 4.67. The van der Waals surface area contributed by atoms with Gasteiger partial charge >= 0.3 is 0 Å². The Labute approximate surface area is 118 Å². The normalized spacial score (nSPS) is 14.8. The summed E-state index contributed by atoms with van der Waals surface area (Å²) >= 11 is 0. The van der Waals surface area contributed by atoms with E-state index in [0.717, 1.165) is 41.4 Å². The minimum absolute atomic E-state index is 0.267. The molecule has 3 rings (SSSR count). The molecule has 0 fully saturated rings. The Morgan fingerprint density at radius 1 is 1.15 bits per heavy atom. The standard InChI is InChI=1S/C15H18N4O/c1-10-13-14(11-4-6-12(20)7-5-11)16-8-9-18(2)15(13)19(3)17-10/h4-7,20H,8-9H2,1-3H3. The molecule has 2 heterocycles. The lowest BCUT2D eigenvalue weighted by atomic mass is 10.0. The average molecular weight is 270 g/mol. The Bertz CT molecular complexity index is 670. The van der Waals surface area contributed by atoms with Crippen LogP contribution in [0, 0.1) is 6.92 Å². The Morgan fingerprint density at radius 2 is 1.85 bits per heavy atom. The smallest absolute Gasteiger partial charge is 0.136 e. The highest BCUT2D eigenvalue weighted by Crippen LogP contribution is 2.28. The van der Waals surface area contributed by atoms with Gasteiger partial charge < -0.3 is 10.0 Å². The number of phenolic OH excluding ortho intramolecular Hbond substituents is 1. The summed E-state index contributed by atoms with van der Waals surface area (Å²) in [5.74, 6) is 1.36. The van der Waals surface area contributed by atoms with Gasteiger partial charge in [-0.15, -0.1) is 0 Å². The number of aromatic hydroxyl groups is 1. The minimum Gasteiger partial charge on any atom is -0.508 e. The van der Waals surface area contributed by atoms with Crippen LogP contribution in [0.5, 0.6) is 5.75 Å². The number of aromatic nitrogens is 2. The summed E-state index contributed by atoms with van der Waals surface area (Å²) in [4.78, 5) is 6.92. The van der Waals surface area contributed by atoms with E-state index in [1.165, 1.54) is 0 Å². The van der Waals surface area contributed by atoms with Crippen LogP contribution in [0.1, 0.15) is 16.8 Å². The third kappa shape index (κ3) is 1.95. The van der Waals surface area contributed by atoms with Gasteiger partial charge in [-0.1, -0.05) is 0 Å². The van der Waals surface area contributed by atoms with Gasteiger partial charge in [0.2, 0.25) is 0 Å². The molecule has 1 N–H and O–H groups in total. The number of anilines is 1. The second-order valence-electron chi connectivity index (χ2n) is 5.11. The van der Waals surface area contributed by atoms with Crippen molar-refractivity contribution in [2.75, 3.05) is 25.0 Å². The van der Waals surface area contributed by atoms with Gasteiger partial charge in [0.05, 0.1) is 23.5 Å². The number of rotatable bonds is 1. The van der Waals surface area contributed by atoms with Crippen LogP contribution >= 0.6 is 0 Å². The molecular formula is C15H18N4O. The number of aliphatic imine (C=N–C) groups is 1. The van der Waals surface area contributed by atoms with Crippen molar-refractivity contribution in [1.29, 1.82) is 0 Å². The van der Waals surface area contributed by atoms with Crippen LogP contribution < -0.4 is 4.90 Å². The Balaban J connectivity index is 2.19. The lowest BCUT2D eigenvalue weighted by Crippen LogP contribution is -2.22. The van der Waals surface area contributed by atoms with Crippen molar-refractivity contribution in [3.05, 3.63) is 41.1 Å². The molecule has 20 heavy (non-hydrogen) atoms. The van der Waals surface area contributed by atoms with E-state index >= 15 is 0 Å². The Morgan fingerprint density at radius 3 is 2.55 bits per heavy atom. The number of hydrogen-bond acceptors (Lipinski definition) is 4. The van der Waals surface area contributed by atoms with Crippen LogP contribution in [-0.2, 0) is 7.05 Å². The fourth-order valence-corrected chi connectivity index (χ4v) is 2.71. The number of nitrogens with zero attached hydrogens (tertiary/aromatic N) is 4. The number of phenols is 1. The molecular weight excluding hydrogens is 252 g/mol. The quantitative estimate of drug-likeness (QED) is 0.858. The highest BCUT2D eigenvalue weighted by molar-refractivity contribution is 6.16. The van der Waals surface area contributed by atoms with Gasteiger partial charge in [0.15, 0.2) is 0 Å². The fraction of sp³-hybridized carbons (Fsp3) is 0.333. The lowest BCUT2D eigenvalue weighted by Gasteiger charge is -2.17. The van der Waals surface area contributed by atoms with Gasteiger partial charge in [-0.3, -0.25) is 9.67 Å². The maximum atomic E-state index is 9.44. The predicted molar refractivity (Wildman–Crippen MR) is 79.8 cm³/mol. The Hall–Kier alpha value is -2.30. The minimum atomic E-state index is 0.267. The number of hydrogen-bond donors (Lipinski definition) is 1. The van der Waals surface area contributed by atoms with Gasteiger partial charge in [-0.05, 0) is 31.2 Å². The molecule has 0 unspecified atom stereocenters. The first kappa shape index (κ1) is 12.7. The molecule has 0 radical (unpaired) electrons. The van der Waals surface area contributed by atoms with E-state index in [4.69, 9.17) is 4.99 Å². The number of fused-ring (bicyclic) bond motifs is 1. The number of benzene rings is 1. The SMILES string of the molecule is Cc1nn(C)c2c1C(c1ccc(O)cc1)=NCCN2C. The van der Waals surface area contributed by atoms with E-state index in [9.17, 15) is 5.11 Å². The lowest BCUT2D eigenvalue weighted by molar-refractivity contribution is 0.475. The van der Waals surface area contributed by atoms with Gasteiger partial charge in [0.1, 0.15) is 11.6 Å². The summed E-state index contributed by atoms with van der Waals surface area (Å²) in [6.07, 6.45) is 0. The summed E-state index contributed by atoms with van der Waals surface area (Å²) in [7, 11) is 4.03. The van der Waals surface area contributed by atoms with E-state index in [1.807, 2.05) is 30.8 Å². The molecule has 5 nitrogen and oxygen atoms in total. The second-order valence-corrected chi connectivity index (χ2v) is 5.11. The van der Waals surface area contributed by atoms with Crippen molar-refractivity contribution in [3.8, 4) is 5.75 Å². The molecule has 0 atom stereocenters. The maximum absolute atomic E-state index is 9.44. The summed E-state index contributed by atoms with van der Waals surface area (Å²) in [6, 6.07) is 7.18. The first-order valence-electron chi connectivity index (χ1n) is 6.67. The molecule has 1 aliphatic heterocycles. The topological polar surface area (TPSA) is 53.6 Å². The van der Waals surface area contributed by atoms with E-state index in [2.05, 4.69) is 17.0 Å². The molecule has 1 aromatic heterocycles. The number of aryl methyl sites for hydroxylation is 2. The van der Waals surface area contributed by atoms with E-state index < -0.39 is 0 Å². The Kier molecular flexibility index (Phi) is 2.97. The molecule has 2 aromatic rings. The van der Waals surface area contributed by atoms with Gasteiger partial charge in [0, 0.05) is 26.2 Å². The summed E-state index contributed by atoms with van der Waals surface area (Å²) < 4.78 is 1.91. The van der Waals surface area contributed by atoms with E-state index in [0.29, 0.717) is 0 Å². The third-order valence-electron chi connectivity index (χ3n) is 3.64. The molecule has 5 heteroatoms. The maximum Gasteiger partial charge on any atom is 0.136 e. The molecule has 1 aromatic carbocycles. The van der Waals surface area contributed by atoms with E-state index in [1.54, 1.807) is 12.1 Å². The molecule has 0 aliphatic carbocycles. The monoisotopic (exact) mass is 270 g/mol. The van der Waals surface area contributed by atoms with Crippen molar-refractivity contribution >= 4 is 11.5 Å². The summed E-state index contributed by atoms with van der Waals surface area (Å²) in [6.45, 7) is 3.63. The largest absolute Gasteiger partial charge is 0.508 e. The van der Waals surface area contributed by atoms with Gasteiger partial charge in [-0.2, -0.15) is 5.10 Å². The molecule has 0 spiro atoms. The predicted octanol–water partition coefficient (Wildman–Crippen LogP) is 1.72. The van der Waals surface area contributed by atoms with Crippen molar-refractivity contribution in [1.82, 2.24) is 9.78 Å².